The molecule has 0 radical (unpaired) electrons. The van der Waals surface area contributed by atoms with E-state index in [0.29, 0.717) is 25.1 Å². The van der Waals surface area contributed by atoms with E-state index in [9.17, 15) is 13.9 Å². The maximum absolute atomic E-state index is 14.0. The number of hydrogen-bond donors (Lipinski definition) is 1. The molecule has 1 saturated heterocycles. The number of imidazole rings is 1. The maximum atomic E-state index is 14.0. The molecule has 6 heteroatoms. The number of rotatable bonds is 3. The summed E-state index contributed by atoms with van der Waals surface area (Å²) in [4.78, 5) is 6.01. The van der Waals surface area contributed by atoms with Crippen LogP contribution in [0.5, 0.6) is 0 Å². The molecule has 0 spiro atoms. The van der Waals surface area contributed by atoms with Crippen LogP contribution in [0.3, 0.4) is 0 Å². The van der Waals surface area contributed by atoms with Crippen LogP contribution in [-0.4, -0.2) is 32.2 Å². The minimum atomic E-state index is -0.536. The molecular weight excluding hydrogens is 276 g/mol. The van der Waals surface area contributed by atoms with Gasteiger partial charge in [-0.05, 0) is 24.6 Å². The molecule has 1 aliphatic rings. The molecule has 2 atom stereocenters. The highest BCUT2D eigenvalue weighted by Crippen LogP contribution is 2.35. The number of β-amino-alcohol motifs (C(OH)–C–C–N with tert-alkyl or cyclic N) is 1. The van der Waals surface area contributed by atoms with E-state index in [1.807, 2.05) is 16.5 Å². The molecule has 1 aromatic heterocycles. The van der Waals surface area contributed by atoms with E-state index in [4.69, 9.17) is 0 Å². The van der Waals surface area contributed by atoms with Crippen molar-refractivity contribution in [3.63, 3.8) is 0 Å². The second-order valence-corrected chi connectivity index (χ2v) is 5.50. The Balaban J connectivity index is 1.89. The van der Waals surface area contributed by atoms with E-state index in [-0.39, 0.29) is 6.04 Å². The highest BCUT2D eigenvalue weighted by Gasteiger charge is 2.34. The molecule has 112 valence electrons. The maximum Gasteiger partial charge on any atom is 0.128 e. The highest BCUT2D eigenvalue weighted by atomic mass is 19.1. The van der Waals surface area contributed by atoms with E-state index in [0.717, 1.165) is 17.8 Å². The summed E-state index contributed by atoms with van der Waals surface area (Å²) in [6.45, 7) is 0.972. The fraction of sp³-hybridized carbons (Fsp3) is 0.400. The minimum absolute atomic E-state index is 0.300. The minimum Gasteiger partial charge on any atom is -0.392 e. The monoisotopic (exact) mass is 293 g/mol. The van der Waals surface area contributed by atoms with Gasteiger partial charge >= 0.3 is 0 Å². The number of hydrogen-bond acceptors (Lipinski definition) is 3. The number of aromatic nitrogens is 2. The zero-order valence-electron chi connectivity index (χ0n) is 11.7. The number of likely N-dealkylation sites (tertiary alicyclic amines) is 1. The highest BCUT2D eigenvalue weighted by molar-refractivity contribution is 5.24. The zero-order chi connectivity index (χ0) is 15.0. The molecule has 1 fully saturated rings. The van der Waals surface area contributed by atoms with Crippen molar-refractivity contribution >= 4 is 0 Å². The van der Waals surface area contributed by atoms with Gasteiger partial charge < -0.3 is 9.67 Å². The van der Waals surface area contributed by atoms with Crippen LogP contribution >= 0.6 is 0 Å². The summed E-state index contributed by atoms with van der Waals surface area (Å²) in [7, 11) is 1.88. The number of nitrogens with zero attached hydrogens (tertiary/aromatic N) is 3. The molecule has 0 bridgehead atoms. The van der Waals surface area contributed by atoms with Gasteiger partial charge in [-0.1, -0.05) is 0 Å². The molecule has 1 N–H and O–H groups in total. The quantitative estimate of drug-likeness (QED) is 0.941. The summed E-state index contributed by atoms with van der Waals surface area (Å²) in [6.07, 6.45) is 3.30. The first kappa shape index (κ1) is 14.2. The largest absolute Gasteiger partial charge is 0.392 e. The summed E-state index contributed by atoms with van der Waals surface area (Å²) >= 11 is 0. The van der Waals surface area contributed by atoms with E-state index in [1.54, 1.807) is 12.5 Å². The summed E-state index contributed by atoms with van der Waals surface area (Å²) in [5.41, 5.74) is 1.26. The van der Waals surface area contributed by atoms with E-state index >= 15 is 0 Å². The Morgan fingerprint density at radius 3 is 2.90 bits per heavy atom. The summed E-state index contributed by atoms with van der Waals surface area (Å²) in [5.74, 6) is -0.904. The first-order valence-electron chi connectivity index (χ1n) is 6.87. The van der Waals surface area contributed by atoms with Crippen molar-refractivity contribution in [2.45, 2.75) is 25.1 Å². The molecule has 21 heavy (non-hydrogen) atoms. The van der Waals surface area contributed by atoms with Gasteiger partial charge in [0.15, 0.2) is 0 Å². The molecule has 1 aliphatic heterocycles. The van der Waals surface area contributed by atoms with Gasteiger partial charge in [0, 0.05) is 37.9 Å². The smallest absolute Gasteiger partial charge is 0.128 e. The van der Waals surface area contributed by atoms with E-state index in [2.05, 4.69) is 4.98 Å². The number of benzene rings is 1. The Kier molecular flexibility index (Phi) is 3.73. The molecule has 3 rings (SSSR count). The fourth-order valence-corrected chi connectivity index (χ4v) is 2.89. The van der Waals surface area contributed by atoms with Crippen molar-refractivity contribution in [1.82, 2.24) is 14.5 Å². The van der Waals surface area contributed by atoms with Gasteiger partial charge in [-0.2, -0.15) is 0 Å². The third-order valence-electron chi connectivity index (χ3n) is 3.98. The Morgan fingerprint density at radius 1 is 1.38 bits per heavy atom. The Hall–Kier alpha value is -1.79. The normalized spacial score (nSPS) is 22.9. The zero-order valence-corrected chi connectivity index (χ0v) is 11.7. The Labute approximate surface area is 121 Å². The van der Waals surface area contributed by atoms with Gasteiger partial charge in [-0.3, -0.25) is 4.90 Å². The first-order valence-corrected chi connectivity index (χ1v) is 6.87. The van der Waals surface area contributed by atoms with Crippen LogP contribution in [0.25, 0.3) is 0 Å². The summed E-state index contributed by atoms with van der Waals surface area (Å²) in [5, 5.41) is 9.91. The van der Waals surface area contributed by atoms with Crippen LogP contribution in [0.2, 0.25) is 0 Å². The molecule has 4 nitrogen and oxygen atoms in total. The third kappa shape index (κ3) is 2.82. The van der Waals surface area contributed by atoms with Crippen LogP contribution in [-0.2, 0) is 13.6 Å². The second kappa shape index (κ2) is 5.54. The van der Waals surface area contributed by atoms with Gasteiger partial charge in [0.2, 0.25) is 0 Å². The van der Waals surface area contributed by atoms with Gasteiger partial charge in [0.05, 0.1) is 18.1 Å². The topological polar surface area (TPSA) is 41.3 Å². The van der Waals surface area contributed by atoms with Gasteiger partial charge in [0.25, 0.3) is 0 Å². The first-order chi connectivity index (χ1) is 10.0. The molecule has 2 aromatic rings. The van der Waals surface area contributed by atoms with Crippen LogP contribution in [0.15, 0.2) is 30.7 Å². The molecule has 0 aliphatic carbocycles. The molecule has 1 aromatic carbocycles. The lowest BCUT2D eigenvalue weighted by Crippen LogP contribution is -2.26. The lowest BCUT2D eigenvalue weighted by atomic mass is 10.0. The van der Waals surface area contributed by atoms with E-state index in [1.165, 1.54) is 6.07 Å². The van der Waals surface area contributed by atoms with Crippen molar-refractivity contribution in [2.75, 3.05) is 6.54 Å². The van der Waals surface area contributed by atoms with Gasteiger partial charge in [0.1, 0.15) is 11.6 Å². The lowest BCUT2D eigenvalue weighted by Gasteiger charge is -2.24. The van der Waals surface area contributed by atoms with Crippen molar-refractivity contribution in [3.8, 4) is 0 Å². The average molecular weight is 293 g/mol. The standard InChI is InChI=1S/C15H17F2N3O/c1-19-9-18-6-11(19)7-20-8-12(21)5-15(20)13-4-10(16)2-3-14(13)17/h2-4,6,9,12,15,21H,5,7-8H2,1H3/t12-,15+/m1/s1. The molecule has 2 heterocycles. The average Bonchev–Trinajstić information content (AvgIpc) is 3.00. The molecule has 0 saturated carbocycles. The predicted octanol–water partition coefficient (Wildman–Crippen LogP) is 2.01. The van der Waals surface area contributed by atoms with Crippen molar-refractivity contribution in [2.24, 2.45) is 7.05 Å². The number of aliphatic hydroxyl groups excluding tert-OH is 1. The predicted molar refractivity (Wildman–Crippen MR) is 73.3 cm³/mol. The number of aryl methyl sites for hydroxylation is 1. The second-order valence-electron chi connectivity index (χ2n) is 5.50. The summed E-state index contributed by atoms with van der Waals surface area (Å²) < 4.78 is 29.3. The lowest BCUT2D eigenvalue weighted by molar-refractivity contribution is 0.171. The summed E-state index contributed by atoms with van der Waals surface area (Å²) in [6, 6.07) is 3.13. The Morgan fingerprint density at radius 2 is 2.19 bits per heavy atom. The van der Waals surface area contributed by atoms with Crippen LogP contribution in [0.1, 0.15) is 23.7 Å². The number of halogens is 2. The molecule has 0 unspecified atom stereocenters. The van der Waals surface area contributed by atoms with Gasteiger partial charge in [-0.25, -0.2) is 13.8 Å². The van der Waals surface area contributed by atoms with Crippen LogP contribution in [0.4, 0.5) is 8.78 Å². The van der Waals surface area contributed by atoms with Crippen LogP contribution < -0.4 is 0 Å². The number of aliphatic hydroxyl groups is 1. The van der Waals surface area contributed by atoms with Crippen molar-refractivity contribution in [1.29, 1.82) is 0 Å². The van der Waals surface area contributed by atoms with Gasteiger partial charge in [-0.15, -0.1) is 0 Å². The fourth-order valence-electron chi connectivity index (χ4n) is 2.89. The van der Waals surface area contributed by atoms with Crippen molar-refractivity contribution < 1.29 is 13.9 Å². The molecule has 0 amide bonds. The Bertz CT molecular complexity index is 644. The molecular formula is C15H17F2N3O. The van der Waals surface area contributed by atoms with Crippen LogP contribution in [0, 0.1) is 11.6 Å². The SMILES string of the molecule is Cn1cncc1CN1C[C@H](O)C[C@H]1c1cc(F)ccc1F. The third-order valence-corrected chi connectivity index (χ3v) is 3.98. The van der Waals surface area contributed by atoms with E-state index < -0.39 is 17.7 Å². The van der Waals surface area contributed by atoms with Crippen molar-refractivity contribution in [3.05, 3.63) is 53.6 Å².